The third kappa shape index (κ3) is 2.79. The molecule has 0 amide bonds. The third-order valence-corrected chi connectivity index (χ3v) is 3.10. The number of para-hydroxylation sites is 1. The Balaban J connectivity index is 2.08. The smallest absolute Gasteiger partial charge is 0.162 e. The Kier molecular flexibility index (Phi) is 3.44. The maximum Gasteiger partial charge on any atom is 0.162 e. The molecule has 0 aliphatic heterocycles. The summed E-state index contributed by atoms with van der Waals surface area (Å²) in [4.78, 5) is 8.98. The molecule has 0 spiro atoms. The maximum absolute atomic E-state index is 6.03. The minimum Gasteiger partial charge on any atom is -0.491 e. The van der Waals surface area contributed by atoms with Crippen molar-refractivity contribution in [1.29, 1.82) is 0 Å². The van der Waals surface area contributed by atoms with Gasteiger partial charge in [-0.15, -0.1) is 0 Å². The van der Waals surface area contributed by atoms with E-state index in [-0.39, 0.29) is 6.10 Å². The van der Waals surface area contributed by atoms with Gasteiger partial charge >= 0.3 is 0 Å². The molecule has 0 unspecified atom stereocenters. The molecule has 0 fully saturated rings. The van der Waals surface area contributed by atoms with Gasteiger partial charge in [-0.3, -0.25) is 0 Å². The molecule has 0 aliphatic carbocycles. The molecular formula is C17H17N3O. The van der Waals surface area contributed by atoms with Gasteiger partial charge in [0.05, 0.1) is 11.6 Å². The van der Waals surface area contributed by atoms with Crippen molar-refractivity contribution < 1.29 is 4.74 Å². The number of rotatable bonds is 3. The average molecular weight is 279 g/mol. The molecule has 0 saturated heterocycles. The zero-order chi connectivity index (χ0) is 14.8. The van der Waals surface area contributed by atoms with Crippen LogP contribution in [0.3, 0.4) is 0 Å². The summed E-state index contributed by atoms with van der Waals surface area (Å²) >= 11 is 0. The second-order valence-electron chi connectivity index (χ2n) is 5.14. The quantitative estimate of drug-likeness (QED) is 0.794. The lowest BCUT2D eigenvalue weighted by Crippen LogP contribution is -2.05. The summed E-state index contributed by atoms with van der Waals surface area (Å²) in [6.07, 6.45) is 0.128. The summed E-state index contributed by atoms with van der Waals surface area (Å²) in [5, 5.41) is 0.871. The molecule has 106 valence electrons. The predicted molar refractivity (Wildman–Crippen MR) is 85.2 cm³/mol. The van der Waals surface area contributed by atoms with Crippen molar-refractivity contribution in [3.8, 4) is 17.1 Å². The van der Waals surface area contributed by atoms with Crippen molar-refractivity contribution in [2.75, 3.05) is 5.73 Å². The van der Waals surface area contributed by atoms with E-state index < -0.39 is 0 Å². The number of aromatic nitrogens is 2. The van der Waals surface area contributed by atoms with Gasteiger partial charge in [-0.25, -0.2) is 9.97 Å². The number of benzene rings is 2. The Morgan fingerprint density at radius 3 is 2.62 bits per heavy atom. The summed E-state index contributed by atoms with van der Waals surface area (Å²) in [5.74, 6) is 1.91. The van der Waals surface area contributed by atoms with Crippen LogP contribution in [-0.2, 0) is 0 Å². The van der Waals surface area contributed by atoms with Crippen molar-refractivity contribution >= 4 is 16.7 Å². The number of fused-ring (bicyclic) bond motifs is 1. The van der Waals surface area contributed by atoms with Crippen LogP contribution in [0.4, 0.5) is 5.82 Å². The first-order chi connectivity index (χ1) is 10.1. The molecule has 0 bridgehead atoms. The molecule has 0 saturated carbocycles. The third-order valence-electron chi connectivity index (χ3n) is 3.10. The molecule has 4 heteroatoms. The van der Waals surface area contributed by atoms with Crippen molar-refractivity contribution in [2.45, 2.75) is 20.0 Å². The highest BCUT2D eigenvalue weighted by Gasteiger charge is 2.08. The SMILES string of the molecule is CC(C)Oc1cccc(-c2nc(N)c3ccccc3n2)c1. The normalized spacial score (nSPS) is 11.0. The molecule has 2 N–H and O–H groups in total. The molecule has 1 heterocycles. The van der Waals surface area contributed by atoms with Crippen molar-refractivity contribution in [2.24, 2.45) is 0 Å². The van der Waals surface area contributed by atoms with E-state index in [1.165, 1.54) is 0 Å². The van der Waals surface area contributed by atoms with Gasteiger partial charge in [0.2, 0.25) is 0 Å². The zero-order valence-electron chi connectivity index (χ0n) is 12.1. The number of hydrogen-bond donors (Lipinski definition) is 1. The van der Waals surface area contributed by atoms with Crippen molar-refractivity contribution in [1.82, 2.24) is 9.97 Å². The van der Waals surface area contributed by atoms with Gasteiger partial charge in [-0.1, -0.05) is 24.3 Å². The average Bonchev–Trinajstić information content (AvgIpc) is 2.47. The number of hydrogen-bond acceptors (Lipinski definition) is 4. The van der Waals surface area contributed by atoms with Crippen LogP contribution in [0.5, 0.6) is 5.75 Å². The van der Waals surface area contributed by atoms with Crippen LogP contribution in [0, 0.1) is 0 Å². The highest BCUT2D eigenvalue weighted by atomic mass is 16.5. The molecule has 0 atom stereocenters. The Morgan fingerprint density at radius 1 is 1.00 bits per heavy atom. The lowest BCUT2D eigenvalue weighted by atomic mass is 10.1. The van der Waals surface area contributed by atoms with Crippen LogP contribution in [0.25, 0.3) is 22.3 Å². The van der Waals surface area contributed by atoms with E-state index in [4.69, 9.17) is 10.5 Å². The summed E-state index contributed by atoms with van der Waals surface area (Å²) in [6.45, 7) is 3.99. The largest absolute Gasteiger partial charge is 0.491 e. The lowest BCUT2D eigenvalue weighted by Gasteiger charge is -2.11. The van der Waals surface area contributed by atoms with E-state index in [1.807, 2.05) is 62.4 Å². The van der Waals surface area contributed by atoms with Crippen molar-refractivity contribution in [3.63, 3.8) is 0 Å². The van der Waals surface area contributed by atoms with Crippen molar-refractivity contribution in [3.05, 3.63) is 48.5 Å². The highest BCUT2D eigenvalue weighted by Crippen LogP contribution is 2.25. The number of nitrogens with two attached hydrogens (primary N) is 1. The minimum atomic E-state index is 0.128. The Morgan fingerprint density at radius 2 is 1.81 bits per heavy atom. The summed E-state index contributed by atoms with van der Waals surface area (Å²) < 4.78 is 5.71. The first-order valence-electron chi connectivity index (χ1n) is 6.93. The monoisotopic (exact) mass is 279 g/mol. The van der Waals surface area contributed by atoms with E-state index in [1.54, 1.807) is 0 Å². The van der Waals surface area contributed by atoms with Crippen LogP contribution >= 0.6 is 0 Å². The fraction of sp³-hybridized carbons (Fsp3) is 0.176. The number of nitrogens with zero attached hydrogens (tertiary/aromatic N) is 2. The Hall–Kier alpha value is -2.62. The van der Waals surface area contributed by atoms with Crippen LogP contribution < -0.4 is 10.5 Å². The van der Waals surface area contributed by atoms with Gasteiger partial charge in [-0.2, -0.15) is 0 Å². The molecule has 0 radical (unpaired) electrons. The molecule has 4 nitrogen and oxygen atoms in total. The maximum atomic E-state index is 6.03. The van der Waals surface area contributed by atoms with Gasteiger partial charge in [0.25, 0.3) is 0 Å². The summed E-state index contributed by atoms with van der Waals surface area (Å²) in [6, 6.07) is 15.5. The molecule has 21 heavy (non-hydrogen) atoms. The topological polar surface area (TPSA) is 61.0 Å². The highest BCUT2D eigenvalue weighted by molar-refractivity contribution is 5.89. The number of anilines is 1. The van der Waals surface area contributed by atoms with Crippen LogP contribution in [0.15, 0.2) is 48.5 Å². The second kappa shape index (κ2) is 5.40. The number of ether oxygens (including phenoxy) is 1. The molecular weight excluding hydrogens is 262 g/mol. The Bertz CT molecular complexity index is 784. The van der Waals surface area contributed by atoms with E-state index >= 15 is 0 Å². The summed E-state index contributed by atoms with van der Waals surface area (Å²) in [5.41, 5.74) is 7.77. The Labute approximate surface area is 123 Å². The van der Waals surface area contributed by atoms with E-state index in [0.29, 0.717) is 11.6 Å². The van der Waals surface area contributed by atoms with Crippen LogP contribution in [0.2, 0.25) is 0 Å². The molecule has 2 aromatic carbocycles. The first kappa shape index (κ1) is 13.4. The van der Waals surface area contributed by atoms with Crippen LogP contribution in [0.1, 0.15) is 13.8 Å². The second-order valence-corrected chi connectivity index (χ2v) is 5.14. The van der Waals surface area contributed by atoms with Gasteiger partial charge < -0.3 is 10.5 Å². The molecule has 3 rings (SSSR count). The molecule has 1 aromatic heterocycles. The lowest BCUT2D eigenvalue weighted by molar-refractivity contribution is 0.242. The molecule has 3 aromatic rings. The minimum absolute atomic E-state index is 0.128. The number of nitrogen functional groups attached to an aromatic ring is 1. The van der Waals surface area contributed by atoms with Gasteiger partial charge in [0.15, 0.2) is 5.82 Å². The first-order valence-corrected chi connectivity index (χ1v) is 6.93. The van der Waals surface area contributed by atoms with Gasteiger partial charge in [0, 0.05) is 10.9 Å². The fourth-order valence-electron chi connectivity index (χ4n) is 2.21. The molecule has 0 aliphatic rings. The van der Waals surface area contributed by atoms with E-state index in [0.717, 1.165) is 22.2 Å². The predicted octanol–water partition coefficient (Wildman–Crippen LogP) is 3.67. The fourth-order valence-corrected chi connectivity index (χ4v) is 2.21. The van der Waals surface area contributed by atoms with Gasteiger partial charge in [0.1, 0.15) is 11.6 Å². The van der Waals surface area contributed by atoms with E-state index in [9.17, 15) is 0 Å². The van der Waals surface area contributed by atoms with E-state index in [2.05, 4.69) is 9.97 Å². The van der Waals surface area contributed by atoms with Crippen LogP contribution in [-0.4, -0.2) is 16.1 Å². The summed E-state index contributed by atoms with van der Waals surface area (Å²) in [7, 11) is 0. The standard InChI is InChI=1S/C17H17N3O/c1-11(2)21-13-7-5-6-12(10-13)17-19-15-9-4-3-8-14(15)16(18)20-17/h3-11H,1-2H3,(H2,18,19,20). The zero-order valence-corrected chi connectivity index (χ0v) is 12.1. The van der Waals surface area contributed by atoms with Gasteiger partial charge in [-0.05, 0) is 38.1 Å².